The van der Waals surface area contributed by atoms with Crippen LogP contribution >= 0.6 is 11.8 Å². The first-order valence-corrected chi connectivity index (χ1v) is 9.57. The van der Waals surface area contributed by atoms with Gasteiger partial charge in [-0.15, -0.1) is 22.0 Å². The van der Waals surface area contributed by atoms with Crippen LogP contribution in [-0.2, 0) is 24.2 Å². The summed E-state index contributed by atoms with van der Waals surface area (Å²) in [5, 5.41) is 11.8. The lowest BCUT2D eigenvalue weighted by Crippen LogP contribution is -2.35. The highest BCUT2D eigenvalue weighted by Gasteiger charge is 2.30. The summed E-state index contributed by atoms with van der Waals surface area (Å²) in [4.78, 5) is 13.9. The van der Waals surface area contributed by atoms with E-state index in [4.69, 9.17) is 0 Å². The number of thioether (sulfide) groups is 1. The summed E-state index contributed by atoms with van der Waals surface area (Å²) in [6.07, 6.45) is 5.36. The van der Waals surface area contributed by atoms with E-state index >= 15 is 0 Å². The van der Waals surface area contributed by atoms with Crippen LogP contribution in [0.1, 0.15) is 49.4 Å². The van der Waals surface area contributed by atoms with E-state index < -0.39 is 0 Å². The number of aromatic nitrogens is 3. The lowest BCUT2D eigenvalue weighted by atomic mass is 10.1. The van der Waals surface area contributed by atoms with Crippen LogP contribution in [0.25, 0.3) is 0 Å². The average molecular weight is 342 g/mol. The molecule has 0 radical (unpaired) electrons. The molecule has 1 aromatic carbocycles. The average Bonchev–Trinajstić information content (AvgIpc) is 3.12. The second-order valence-electron chi connectivity index (χ2n) is 6.59. The molecule has 0 unspecified atom stereocenters. The highest BCUT2D eigenvalue weighted by atomic mass is 32.2. The third-order valence-corrected chi connectivity index (χ3v) is 6.14. The number of rotatable bonds is 3. The van der Waals surface area contributed by atoms with Crippen molar-refractivity contribution in [3.63, 3.8) is 0 Å². The number of carbonyl (C=O) groups is 1. The molecular weight excluding hydrogens is 320 g/mol. The van der Waals surface area contributed by atoms with Gasteiger partial charge < -0.3 is 9.88 Å². The van der Waals surface area contributed by atoms with Gasteiger partial charge in [-0.05, 0) is 37.8 Å². The van der Waals surface area contributed by atoms with Crippen LogP contribution in [0.2, 0.25) is 0 Å². The third kappa shape index (κ3) is 2.95. The van der Waals surface area contributed by atoms with Gasteiger partial charge in [0.05, 0.1) is 11.3 Å². The highest BCUT2D eigenvalue weighted by molar-refractivity contribution is 8.01. The van der Waals surface area contributed by atoms with Crippen molar-refractivity contribution in [2.75, 3.05) is 0 Å². The minimum Gasteiger partial charge on any atom is -0.345 e. The first-order valence-electron chi connectivity index (χ1n) is 8.69. The fraction of sp³-hybridized carbons (Fsp3) is 0.500. The molecule has 2 aliphatic rings. The van der Waals surface area contributed by atoms with Gasteiger partial charge in [0, 0.05) is 17.9 Å². The summed E-state index contributed by atoms with van der Waals surface area (Å²) in [7, 11) is 0. The van der Waals surface area contributed by atoms with E-state index in [9.17, 15) is 4.79 Å². The molecule has 0 saturated heterocycles. The van der Waals surface area contributed by atoms with Crippen LogP contribution in [0, 0.1) is 0 Å². The molecule has 0 saturated carbocycles. The minimum atomic E-state index is -0.110. The molecule has 1 amide bonds. The number of nitrogens with one attached hydrogen (secondary N) is 1. The summed E-state index contributed by atoms with van der Waals surface area (Å²) < 4.78 is 2.20. The zero-order valence-corrected chi connectivity index (χ0v) is 14.7. The predicted octanol–water partition coefficient (Wildman–Crippen LogP) is 2.90. The van der Waals surface area contributed by atoms with Crippen molar-refractivity contribution in [2.24, 2.45) is 0 Å². The number of aryl methyl sites for hydroxylation is 1. The van der Waals surface area contributed by atoms with E-state index in [0.29, 0.717) is 0 Å². The molecule has 5 nitrogen and oxygen atoms in total. The quantitative estimate of drug-likeness (QED) is 0.932. The highest BCUT2D eigenvalue weighted by Crippen LogP contribution is 2.37. The predicted molar refractivity (Wildman–Crippen MR) is 93.9 cm³/mol. The Hall–Kier alpha value is -1.82. The van der Waals surface area contributed by atoms with Crippen molar-refractivity contribution in [1.82, 2.24) is 20.1 Å². The van der Waals surface area contributed by atoms with Gasteiger partial charge in [0.1, 0.15) is 5.82 Å². The molecule has 1 aromatic heterocycles. The summed E-state index contributed by atoms with van der Waals surface area (Å²) >= 11 is 1.66. The number of carbonyl (C=O) groups excluding carboxylic acids is 1. The minimum absolute atomic E-state index is 0.0450. The third-order valence-electron chi connectivity index (χ3n) is 4.82. The fourth-order valence-corrected chi connectivity index (χ4v) is 4.73. The van der Waals surface area contributed by atoms with Gasteiger partial charge in [0.25, 0.3) is 0 Å². The number of benzene rings is 1. The van der Waals surface area contributed by atoms with Crippen LogP contribution in [-0.4, -0.2) is 25.9 Å². The Bertz CT molecular complexity index is 732. The number of fused-ring (bicyclic) bond motifs is 2. The zero-order chi connectivity index (χ0) is 16.5. The van der Waals surface area contributed by atoms with Crippen LogP contribution in [0.15, 0.2) is 29.2 Å². The van der Waals surface area contributed by atoms with Crippen LogP contribution < -0.4 is 5.32 Å². The fourth-order valence-electron chi connectivity index (χ4n) is 3.53. The molecule has 0 bridgehead atoms. The van der Waals surface area contributed by atoms with Crippen LogP contribution in [0.3, 0.4) is 0 Å². The van der Waals surface area contributed by atoms with Gasteiger partial charge in [-0.3, -0.25) is 4.79 Å². The summed E-state index contributed by atoms with van der Waals surface area (Å²) in [5.74, 6) is 2.04. The second kappa shape index (κ2) is 6.59. The number of hydrogen-bond acceptors (Lipinski definition) is 4. The lowest BCUT2D eigenvalue weighted by molar-refractivity contribution is -0.121. The SMILES string of the molecule is C[C@@H](NC(=O)[C@@H]1Cc2ccccc2S1)c1nnc2n1CCCCC2. The molecule has 24 heavy (non-hydrogen) atoms. The maximum atomic E-state index is 12.7. The van der Waals surface area contributed by atoms with Crippen molar-refractivity contribution in [2.45, 2.75) is 61.8 Å². The van der Waals surface area contributed by atoms with E-state index in [1.54, 1.807) is 11.8 Å². The van der Waals surface area contributed by atoms with E-state index in [-0.39, 0.29) is 17.2 Å². The molecular formula is C18H22N4OS. The van der Waals surface area contributed by atoms with Crippen molar-refractivity contribution in [1.29, 1.82) is 0 Å². The topological polar surface area (TPSA) is 59.8 Å². The van der Waals surface area contributed by atoms with E-state index in [1.165, 1.54) is 23.3 Å². The molecule has 0 fully saturated rings. The van der Waals surface area contributed by atoms with Crippen molar-refractivity contribution in [3.05, 3.63) is 41.5 Å². The van der Waals surface area contributed by atoms with Gasteiger partial charge in [0.15, 0.2) is 5.82 Å². The monoisotopic (exact) mass is 342 g/mol. The summed E-state index contributed by atoms with van der Waals surface area (Å²) in [5.41, 5.74) is 1.27. The molecule has 3 heterocycles. The van der Waals surface area contributed by atoms with Gasteiger partial charge in [0.2, 0.25) is 5.91 Å². The Morgan fingerprint density at radius 2 is 2.17 bits per heavy atom. The Morgan fingerprint density at radius 1 is 1.29 bits per heavy atom. The lowest BCUT2D eigenvalue weighted by Gasteiger charge is -2.17. The largest absolute Gasteiger partial charge is 0.345 e. The smallest absolute Gasteiger partial charge is 0.234 e. The number of hydrogen-bond donors (Lipinski definition) is 1. The number of nitrogens with zero attached hydrogens (tertiary/aromatic N) is 3. The summed E-state index contributed by atoms with van der Waals surface area (Å²) in [6, 6.07) is 8.15. The standard InChI is InChI=1S/C18H22N4OS/c1-12(17-21-20-16-9-3-2-6-10-22(16)17)19-18(23)15-11-13-7-4-5-8-14(13)24-15/h4-5,7-8,12,15H,2-3,6,9-11H2,1H3,(H,19,23)/t12-,15+/m1/s1. The number of amides is 1. The van der Waals surface area contributed by atoms with Crippen LogP contribution in [0.5, 0.6) is 0 Å². The molecule has 2 atom stereocenters. The maximum absolute atomic E-state index is 12.7. The first kappa shape index (κ1) is 15.7. The molecule has 2 aliphatic heterocycles. The zero-order valence-electron chi connectivity index (χ0n) is 13.9. The van der Waals surface area contributed by atoms with Gasteiger partial charge in [-0.1, -0.05) is 24.6 Å². The second-order valence-corrected chi connectivity index (χ2v) is 7.83. The van der Waals surface area contributed by atoms with Crippen LogP contribution in [0.4, 0.5) is 0 Å². The Kier molecular flexibility index (Phi) is 4.31. The Balaban J connectivity index is 1.44. The van der Waals surface area contributed by atoms with Gasteiger partial charge >= 0.3 is 0 Å². The molecule has 0 aliphatic carbocycles. The molecule has 126 valence electrons. The van der Waals surface area contributed by atoms with Gasteiger partial charge in [-0.25, -0.2) is 0 Å². The van der Waals surface area contributed by atoms with Crippen molar-refractivity contribution in [3.8, 4) is 0 Å². The molecule has 2 aromatic rings. The summed E-state index contributed by atoms with van der Waals surface area (Å²) in [6.45, 7) is 2.97. The Morgan fingerprint density at radius 3 is 3.04 bits per heavy atom. The molecule has 4 rings (SSSR count). The van der Waals surface area contributed by atoms with Crippen molar-refractivity contribution >= 4 is 17.7 Å². The van der Waals surface area contributed by atoms with Gasteiger partial charge in [-0.2, -0.15) is 0 Å². The maximum Gasteiger partial charge on any atom is 0.234 e. The molecule has 0 spiro atoms. The first-order chi connectivity index (χ1) is 11.7. The Labute approximate surface area is 146 Å². The van der Waals surface area contributed by atoms with E-state index in [0.717, 1.165) is 37.5 Å². The van der Waals surface area contributed by atoms with E-state index in [1.807, 2.05) is 19.1 Å². The molecule has 1 N–H and O–H groups in total. The normalized spacial score (nSPS) is 20.8. The van der Waals surface area contributed by atoms with Crippen molar-refractivity contribution < 1.29 is 4.79 Å². The molecule has 6 heteroatoms. The van der Waals surface area contributed by atoms with E-state index in [2.05, 4.69) is 32.2 Å².